The van der Waals surface area contributed by atoms with Crippen LogP contribution in [0.4, 0.5) is 0 Å². The molecule has 1 saturated heterocycles. The number of para-hydroxylation sites is 1. The van der Waals surface area contributed by atoms with E-state index in [0.717, 1.165) is 27.7 Å². The van der Waals surface area contributed by atoms with E-state index in [2.05, 4.69) is 30.1 Å². The third kappa shape index (κ3) is 3.50. The number of fused-ring (bicyclic) bond motifs is 1. The number of nitrogens with zero attached hydrogens (tertiary/aromatic N) is 1. The number of nitrogens with one attached hydrogen (secondary N) is 1. The second kappa shape index (κ2) is 6.86. The number of aromatic amines is 1. The average Bonchev–Trinajstić information content (AvgIpc) is 2.97. The Kier molecular flexibility index (Phi) is 4.52. The highest BCUT2D eigenvalue weighted by atomic mass is 16.3. The van der Waals surface area contributed by atoms with Gasteiger partial charge >= 0.3 is 0 Å². The molecule has 1 aromatic heterocycles. The fourth-order valence-corrected chi connectivity index (χ4v) is 4.22. The largest absolute Gasteiger partial charge is 0.389 e. The topological polar surface area (TPSA) is 56.3 Å². The Morgan fingerprint density at radius 2 is 1.85 bits per heavy atom. The van der Waals surface area contributed by atoms with Crippen molar-refractivity contribution in [1.29, 1.82) is 0 Å². The molecule has 0 unspecified atom stereocenters. The lowest BCUT2D eigenvalue weighted by Crippen LogP contribution is -2.47. The molecule has 0 spiro atoms. The van der Waals surface area contributed by atoms with Crippen LogP contribution < -0.4 is 0 Å². The Morgan fingerprint density at radius 1 is 1.11 bits per heavy atom. The lowest BCUT2D eigenvalue weighted by molar-refractivity contribution is -0.0162. The van der Waals surface area contributed by atoms with Gasteiger partial charge < -0.3 is 15.0 Å². The maximum absolute atomic E-state index is 13.1. The van der Waals surface area contributed by atoms with Crippen LogP contribution in [0.5, 0.6) is 0 Å². The van der Waals surface area contributed by atoms with Crippen molar-refractivity contribution < 1.29 is 9.90 Å². The second-order valence-corrected chi connectivity index (χ2v) is 7.85. The second-order valence-electron chi connectivity index (χ2n) is 7.85. The number of hydrogen-bond donors (Lipinski definition) is 2. The summed E-state index contributed by atoms with van der Waals surface area (Å²) in [5.41, 5.74) is 4.28. The van der Waals surface area contributed by atoms with Gasteiger partial charge in [0.15, 0.2) is 0 Å². The number of rotatable bonds is 3. The van der Waals surface area contributed by atoms with Crippen molar-refractivity contribution in [1.82, 2.24) is 9.88 Å². The molecule has 1 amide bonds. The van der Waals surface area contributed by atoms with Gasteiger partial charge in [0.05, 0.1) is 11.2 Å². The van der Waals surface area contributed by atoms with E-state index in [1.165, 1.54) is 5.56 Å². The number of benzene rings is 2. The lowest BCUT2D eigenvalue weighted by Gasteiger charge is -2.38. The Morgan fingerprint density at radius 3 is 2.59 bits per heavy atom. The van der Waals surface area contributed by atoms with Crippen molar-refractivity contribution in [2.24, 2.45) is 0 Å². The van der Waals surface area contributed by atoms with Gasteiger partial charge in [-0.3, -0.25) is 4.79 Å². The molecule has 2 N–H and O–H groups in total. The molecule has 4 nitrogen and oxygen atoms in total. The molecule has 3 aromatic rings. The monoisotopic (exact) mass is 362 g/mol. The molecule has 4 rings (SSSR count). The van der Waals surface area contributed by atoms with Gasteiger partial charge in [-0.05, 0) is 38.3 Å². The minimum Gasteiger partial charge on any atom is -0.389 e. The van der Waals surface area contributed by atoms with E-state index in [-0.39, 0.29) is 5.91 Å². The molecule has 2 aromatic carbocycles. The summed E-state index contributed by atoms with van der Waals surface area (Å²) in [6.45, 7) is 5.18. The van der Waals surface area contributed by atoms with E-state index in [9.17, 15) is 9.90 Å². The van der Waals surface area contributed by atoms with Crippen molar-refractivity contribution in [3.63, 3.8) is 0 Å². The normalized spacial score (nSPS) is 16.6. The van der Waals surface area contributed by atoms with E-state index in [1.807, 2.05) is 42.2 Å². The number of aromatic nitrogens is 1. The highest BCUT2D eigenvalue weighted by molar-refractivity contribution is 6.08. The van der Waals surface area contributed by atoms with Gasteiger partial charge in [-0.2, -0.15) is 0 Å². The molecule has 0 aliphatic carbocycles. The van der Waals surface area contributed by atoms with E-state index >= 15 is 0 Å². The number of aliphatic hydroxyl groups is 1. The van der Waals surface area contributed by atoms with Gasteiger partial charge in [-0.15, -0.1) is 0 Å². The molecule has 140 valence electrons. The van der Waals surface area contributed by atoms with E-state index in [0.29, 0.717) is 32.4 Å². The zero-order valence-corrected chi connectivity index (χ0v) is 16.0. The summed E-state index contributed by atoms with van der Waals surface area (Å²) in [5, 5.41) is 12.0. The van der Waals surface area contributed by atoms with Gasteiger partial charge in [0.25, 0.3) is 5.91 Å². The number of likely N-dealkylation sites (tertiary alicyclic amines) is 1. The van der Waals surface area contributed by atoms with Crippen LogP contribution in [0, 0.1) is 13.8 Å². The molecule has 27 heavy (non-hydrogen) atoms. The number of carbonyl (C=O) groups is 1. The molecule has 0 radical (unpaired) electrons. The molecule has 0 saturated carbocycles. The van der Waals surface area contributed by atoms with E-state index < -0.39 is 5.60 Å². The highest BCUT2D eigenvalue weighted by Gasteiger charge is 2.35. The summed E-state index contributed by atoms with van der Waals surface area (Å²) in [6, 6.07) is 16.2. The van der Waals surface area contributed by atoms with Crippen molar-refractivity contribution in [3.8, 4) is 0 Å². The zero-order chi connectivity index (χ0) is 19.0. The summed E-state index contributed by atoms with van der Waals surface area (Å²) in [7, 11) is 0. The zero-order valence-electron chi connectivity index (χ0n) is 16.0. The molecule has 1 aliphatic heterocycles. The molecule has 0 atom stereocenters. The van der Waals surface area contributed by atoms with Crippen LogP contribution in [0.2, 0.25) is 0 Å². The fraction of sp³-hybridized carbons (Fsp3) is 0.348. The molecule has 1 fully saturated rings. The van der Waals surface area contributed by atoms with Gasteiger partial charge in [0, 0.05) is 36.1 Å². The van der Waals surface area contributed by atoms with Crippen LogP contribution in [-0.4, -0.2) is 39.6 Å². The van der Waals surface area contributed by atoms with Crippen molar-refractivity contribution in [3.05, 3.63) is 70.9 Å². The van der Waals surface area contributed by atoms with Gasteiger partial charge in [0.2, 0.25) is 0 Å². The van der Waals surface area contributed by atoms with E-state index in [1.54, 1.807) is 0 Å². The Bertz CT molecular complexity index is 981. The predicted molar refractivity (Wildman–Crippen MR) is 108 cm³/mol. The number of amides is 1. The van der Waals surface area contributed by atoms with Gasteiger partial charge in [-0.1, -0.05) is 48.0 Å². The Balaban J connectivity index is 1.48. The standard InChI is InChI=1S/C23H26N2O2/c1-16-6-5-7-18(14-16)15-23(27)10-12-25(13-11-23)22(26)21-17(2)24-20-9-4-3-8-19(20)21/h3-9,14,24,27H,10-13,15H2,1-2H3. The van der Waals surface area contributed by atoms with Crippen LogP contribution in [0.3, 0.4) is 0 Å². The smallest absolute Gasteiger partial charge is 0.256 e. The number of carbonyl (C=O) groups excluding carboxylic acids is 1. The lowest BCUT2D eigenvalue weighted by atomic mass is 9.85. The molecule has 1 aliphatic rings. The predicted octanol–water partition coefficient (Wildman–Crippen LogP) is 3.99. The van der Waals surface area contributed by atoms with Crippen molar-refractivity contribution in [2.75, 3.05) is 13.1 Å². The van der Waals surface area contributed by atoms with Crippen LogP contribution in [0.25, 0.3) is 10.9 Å². The first-order chi connectivity index (χ1) is 13.0. The first-order valence-electron chi connectivity index (χ1n) is 9.60. The summed E-state index contributed by atoms with van der Waals surface area (Å²) >= 11 is 0. The molecule has 0 bridgehead atoms. The minimum atomic E-state index is -0.736. The Hall–Kier alpha value is -2.59. The number of hydrogen-bond acceptors (Lipinski definition) is 2. The van der Waals surface area contributed by atoms with Gasteiger partial charge in [-0.25, -0.2) is 0 Å². The van der Waals surface area contributed by atoms with Crippen LogP contribution in [0.15, 0.2) is 48.5 Å². The maximum atomic E-state index is 13.1. The Labute approximate surface area is 159 Å². The maximum Gasteiger partial charge on any atom is 0.256 e. The quantitative estimate of drug-likeness (QED) is 0.740. The molecular weight excluding hydrogens is 336 g/mol. The third-order valence-corrected chi connectivity index (χ3v) is 5.70. The summed E-state index contributed by atoms with van der Waals surface area (Å²) in [5.74, 6) is 0.0579. The first-order valence-corrected chi connectivity index (χ1v) is 9.60. The third-order valence-electron chi connectivity index (χ3n) is 5.70. The molecule has 4 heteroatoms. The van der Waals surface area contributed by atoms with Crippen molar-refractivity contribution >= 4 is 16.8 Å². The number of piperidine rings is 1. The van der Waals surface area contributed by atoms with Crippen LogP contribution in [0.1, 0.15) is 40.0 Å². The number of aryl methyl sites for hydroxylation is 2. The van der Waals surface area contributed by atoms with Crippen LogP contribution in [-0.2, 0) is 6.42 Å². The minimum absolute atomic E-state index is 0.0579. The van der Waals surface area contributed by atoms with Crippen LogP contribution >= 0.6 is 0 Å². The average molecular weight is 362 g/mol. The SMILES string of the molecule is Cc1cccc(CC2(O)CCN(C(=O)c3c(C)[nH]c4ccccc34)CC2)c1. The van der Waals surface area contributed by atoms with Gasteiger partial charge in [0.1, 0.15) is 0 Å². The molecular formula is C23H26N2O2. The van der Waals surface area contributed by atoms with Crippen molar-refractivity contribution in [2.45, 2.75) is 38.7 Å². The number of H-pyrrole nitrogens is 1. The summed E-state index contributed by atoms with van der Waals surface area (Å²) in [4.78, 5) is 18.3. The molecule has 2 heterocycles. The highest BCUT2D eigenvalue weighted by Crippen LogP contribution is 2.29. The van der Waals surface area contributed by atoms with E-state index in [4.69, 9.17) is 0 Å². The summed E-state index contributed by atoms with van der Waals surface area (Å²) in [6.07, 6.45) is 1.85. The fourth-order valence-electron chi connectivity index (χ4n) is 4.22. The summed E-state index contributed by atoms with van der Waals surface area (Å²) < 4.78 is 0. The first kappa shape index (κ1) is 17.8.